The Morgan fingerprint density at radius 3 is 2.83 bits per heavy atom. The van der Waals surface area contributed by atoms with Gasteiger partial charge in [-0.2, -0.15) is 0 Å². The smallest absolute Gasteiger partial charge is 0.348 e. The van der Waals surface area contributed by atoms with Crippen LogP contribution in [0.5, 0.6) is 0 Å². The van der Waals surface area contributed by atoms with Crippen molar-refractivity contribution in [2.24, 2.45) is 5.73 Å². The number of rotatable bonds is 3. The highest BCUT2D eigenvalue weighted by molar-refractivity contribution is 7.11. The third-order valence-corrected chi connectivity index (χ3v) is 1.92. The van der Waals surface area contributed by atoms with E-state index in [1.165, 1.54) is 11.3 Å². The van der Waals surface area contributed by atoms with Crippen molar-refractivity contribution in [2.75, 3.05) is 6.61 Å². The number of primary amides is 1. The summed E-state index contributed by atoms with van der Waals surface area (Å²) in [6, 6.07) is 3.35. The zero-order valence-electron chi connectivity index (χ0n) is 6.15. The van der Waals surface area contributed by atoms with Gasteiger partial charge in [0.15, 0.2) is 6.61 Å². The summed E-state index contributed by atoms with van der Waals surface area (Å²) in [7, 11) is 0. The van der Waals surface area contributed by atoms with Crippen LogP contribution >= 0.6 is 11.3 Å². The molecule has 0 saturated heterocycles. The van der Waals surface area contributed by atoms with Crippen LogP contribution in [0.15, 0.2) is 17.5 Å². The maximum atomic E-state index is 11.0. The van der Waals surface area contributed by atoms with Gasteiger partial charge in [-0.3, -0.25) is 4.79 Å². The van der Waals surface area contributed by atoms with Crippen LogP contribution in [0, 0.1) is 0 Å². The molecular weight excluding hydrogens is 178 g/mol. The molecule has 0 unspecified atom stereocenters. The number of ether oxygens (including phenoxy) is 1. The molecule has 1 aromatic rings. The number of hydrogen-bond acceptors (Lipinski definition) is 4. The lowest BCUT2D eigenvalue weighted by molar-refractivity contribution is -0.121. The summed E-state index contributed by atoms with van der Waals surface area (Å²) in [5.74, 6) is -1.16. The Balaban J connectivity index is 2.45. The number of nitrogens with two attached hydrogens (primary N) is 1. The lowest BCUT2D eigenvalue weighted by Crippen LogP contribution is -2.20. The first-order valence-corrected chi connectivity index (χ1v) is 4.07. The van der Waals surface area contributed by atoms with Crippen molar-refractivity contribution in [3.63, 3.8) is 0 Å². The molecule has 1 rings (SSSR count). The van der Waals surface area contributed by atoms with E-state index in [9.17, 15) is 9.59 Å². The van der Waals surface area contributed by atoms with Gasteiger partial charge in [0.25, 0.3) is 5.91 Å². The van der Waals surface area contributed by atoms with E-state index in [2.05, 4.69) is 4.74 Å². The fourth-order valence-corrected chi connectivity index (χ4v) is 1.22. The van der Waals surface area contributed by atoms with Crippen LogP contribution in [0.2, 0.25) is 0 Å². The predicted molar refractivity (Wildman–Crippen MR) is 43.8 cm³/mol. The van der Waals surface area contributed by atoms with E-state index in [0.717, 1.165) is 0 Å². The number of carbonyl (C=O) groups excluding carboxylic acids is 2. The van der Waals surface area contributed by atoms with Gasteiger partial charge in [-0.05, 0) is 11.4 Å². The molecule has 0 atom stereocenters. The lowest BCUT2D eigenvalue weighted by Gasteiger charge is -1.97. The van der Waals surface area contributed by atoms with Gasteiger partial charge in [0.2, 0.25) is 0 Å². The van der Waals surface area contributed by atoms with Crippen LogP contribution in [0.3, 0.4) is 0 Å². The second kappa shape index (κ2) is 3.87. The molecule has 0 aliphatic carbocycles. The van der Waals surface area contributed by atoms with Crippen molar-refractivity contribution >= 4 is 23.2 Å². The van der Waals surface area contributed by atoms with Crippen molar-refractivity contribution in [3.05, 3.63) is 22.4 Å². The average Bonchev–Trinajstić information content (AvgIpc) is 2.51. The third-order valence-electron chi connectivity index (χ3n) is 1.07. The van der Waals surface area contributed by atoms with E-state index in [4.69, 9.17) is 5.73 Å². The van der Waals surface area contributed by atoms with Crippen molar-refractivity contribution < 1.29 is 14.3 Å². The highest BCUT2D eigenvalue weighted by atomic mass is 32.1. The maximum Gasteiger partial charge on any atom is 0.348 e. The van der Waals surface area contributed by atoms with Crippen molar-refractivity contribution in [2.45, 2.75) is 0 Å². The van der Waals surface area contributed by atoms with E-state index in [0.29, 0.717) is 4.88 Å². The molecule has 1 aromatic heterocycles. The van der Waals surface area contributed by atoms with E-state index in [1.54, 1.807) is 17.5 Å². The summed E-state index contributed by atoms with van der Waals surface area (Å²) in [6.45, 7) is -0.364. The first-order chi connectivity index (χ1) is 5.70. The summed E-state index contributed by atoms with van der Waals surface area (Å²) in [5, 5.41) is 1.75. The van der Waals surface area contributed by atoms with Crippen LogP contribution in [-0.4, -0.2) is 18.5 Å². The molecule has 5 heteroatoms. The minimum Gasteiger partial charge on any atom is -0.451 e. The fourth-order valence-electron chi connectivity index (χ4n) is 0.603. The van der Waals surface area contributed by atoms with Crippen LogP contribution < -0.4 is 5.73 Å². The summed E-state index contributed by atoms with van der Waals surface area (Å²) in [4.78, 5) is 21.7. The molecule has 1 amide bonds. The summed E-state index contributed by atoms with van der Waals surface area (Å²) in [6.07, 6.45) is 0. The Hall–Kier alpha value is -1.36. The Bertz CT molecular complexity index is 281. The van der Waals surface area contributed by atoms with Crippen molar-refractivity contribution in [3.8, 4) is 0 Å². The Morgan fingerprint density at radius 2 is 2.33 bits per heavy atom. The number of esters is 1. The molecule has 1 heterocycles. The summed E-state index contributed by atoms with van der Waals surface area (Å²) >= 11 is 1.26. The van der Waals surface area contributed by atoms with Crippen LogP contribution in [0.4, 0.5) is 0 Å². The molecule has 12 heavy (non-hydrogen) atoms. The van der Waals surface area contributed by atoms with Gasteiger partial charge in [-0.15, -0.1) is 11.3 Å². The van der Waals surface area contributed by atoms with E-state index < -0.39 is 11.9 Å². The van der Waals surface area contributed by atoms with Crippen molar-refractivity contribution in [1.29, 1.82) is 0 Å². The number of amides is 1. The van der Waals surface area contributed by atoms with Crippen LogP contribution in [-0.2, 0) is 9.53 Å². The van der Waals surface area contributed by atoms with Crippen LogP contribution in [0.25, 0.3) is 0 Å². The third kappa shape index (κ3) is 2.35. The SMILES string of the molecule is NC(=O)COC(=O)c1cccs1. The fraction of sp³-hybridized carbons (Fsp3) is 0.143. The van der Waals surface area contributed by atoms with Gasteiger partial charge in [-0.1, -0.05) is 6.07 Å². The van der Waals surface area contributed by atoms with E-state index in [1.807, 2.05) is 0 Å². The first-order valence-electron chi connectivity index (χ1n) is 3.19. The first kappa shape index (κ1) is 8.73. The molecule has 0 spiro atoms. The minimum absolute atomic E-state index is 0.364. The Morgan fingerprint density at radius 1 is 1.58 bits per heavy atom. The predicted octanol–water partition coefficient (Wildman–Crippen LogP) is 0.390. The number of thiophene rings is 1. The number of carbonyl (C=O) groups is 2. The second-order valence-electron chi connectivity index (χ2n) is 2.02. The highest BCUT2D eigenvalue weighted by Crippen LogP contribution is 2.09. The molecule has 64 valence electrons. The summed E-state index contributed by atoms with van der Waals surface area (Å²) < 4.78 is 4.54. The lowest BCUT2D eigenvalue weighted by atomic mass is 10.5. The molecule has 0 fully saturated rings. The van der Waals surface area contributed by atoms with Gasteiger partial charge in [0.05, 0.1) is 0 Å². The molecule has 2 N–H and O–H groups in total. The topological polar surface area (TPSA) is 69.4 Å². The number of hydrogen-bond donors (Lipinski definition) is 1. The van der Waals surface area contributed by atoms with E-state index in [-0.39, 0.29) is 6.61 Å². The average molecular weight is 185 g/mol. The zero-order chi connectivity index (χ0) is 8.97. The van der Waals surface area contributed by atoms with Gasteiger partial charge in [0, 0.05) is 0 Å². The van der Waals surface area contributed by atoms with Crippen LogP contribution in [0.1, 0.15) is 9.67 Å². The molecule has 0 aliphatic rings. The molecule has 0 aromatic carbocycles. The quantitative estimate of drug-likeness (QED) is 0.692. The van der Waals surface area contributed by atoms with Crippen molar-refractivity contribution in [1.82, 2.24) is 0 Å². The molecule has 0 radical (unpaired) electrons. The molecule has 4 nitrogen and oxygen atoms in total. The maximum absolute atomic E-state index is 11.0. The largest absolute Gasteiger partial charge is 0.451 e. The monoisotopic (exact) mass is 185 g/mol. The van der Waals surface area contributed by atoms with Gasteiger partial charge >= 0.3 is 5.97 Å². The molecule has 0 saturated carbocycles. The molecular formula is C7H7NO3S. The Labute approximate surface area is 72.9 Å². The normalized spacial score (nSPS) is 9.33. The Kier molecular flexibility index (Phi) is 2.82. The van der Waals surface area contributed by atoms with Gasteiger partial charge in [0.1, 0.15) is 4.88 Å². The minimum atomic E-state index is -0.653. The standard InChI is InChI=1S/C7H7NO3S/c8-6(9)4-11-7(10)5-2-1-3-12-5/h1-3H,4H2,(H2,8,9). The van der Waals surface area contributed by atoms with Gasteiger partial charge < -0.3 is 10.5 Å². The molecule has 0 bridgehead atoms. The second-order valence-corrected chi connectivity index (χ2v) is 2.97. The molecule has 0 aliphatic heterocycles. The van der Waals surface area contributed by atoms with Gasteiger partial charge in [-0.25, -0.2) is 4.79 Å². The zero-order valence-corrected chi connectivity index (χ0v) is 6.97. The summed E-state index contributed by atoms with van der Waals surface area (Å²) in [5.41, 5.74) is 4.78. The van der Waals surface area contributed by atoms with E-state index >= 15 is 0 Å². The highest BCUT2D eigenvalue weighted by Gasteiger charge is 2.08.